The van der Waals surface area contributed by atoms with E-state index in [9.17, 15) is 14.0 Å². The van der Waals surface area contributed by atoms with Gasteiger partial charge in [-0.3, -0.25) is 4.79 Å². The van der Waals surface area contributed by atoms with Crippen LogP contribution in [0, 0.1) is 17.1 Å². The van der Waals surface area contributed by atoms with Crippen molar-refractivity contribution in [2.24, 2.45) is 11.7 Å². The second-order valence-electron chi connectivity index (χ2n) is 6.15. The molecule has 0 spiro atoms. The molecule has 1 aromatic carbocycles. The standard InChI is InChI=1S/C17H21FN4O2S/c1-9(19)4-16(25)22-14-7-15(13(18)6-12(14)17(20)24)21-11(8-23)5-10-2-3-10/h4,6-8,10-11,19,21-22,25H,2-3,5H2,1H3,(H2,20,24)/b16-4-,19-9?/t11-/m1/s1. The molecule has 0 radical (unpaired) electrons. The van der Waals surface area contributed by atoms with Crippen LogP contribution in [-0.4, -0.2) is 23.9 Å². The Morgan fingerprint density at radius 2 is 2.16 bits per heavy atom. The lowest BCUT2D eigenvalue weighted by Gasteiger charge is -2.17. The molecular formula is C17H21FN4O2S. The Labute approximate surface area is 151 Å². The van der Waals surface area contributed by atoms with E-state index in [1.807, 2.05) is 0 Å². The number of anilines is 2. The summed E-state index contributed by atoms with van der Waals surface area (Å²) in [5.74, 6) is -0.976. The Kier molecular flexibility index (Phi) is 6.19. The van der Waals surface area contributed by atoms with Gasteiger partial charge in [-0.05, 0) is 37.5 Å². The maximum atomic E-state index is 14.3. The molecule has 1 amide bonds. The lowest BCUT2D eigenvalue weighted by atomic mass is 10.1. The third kappa shape index (κ3) is 5.60. The van der Waals surface area contributed by atoms with Gasteiger partial charge in [-0.2, -0.15) is 0 Å². The first-order valence-corrected chi connectivity index (χ1v) is 8.33. The van der Waals surface area contributed by atoms with Crippen molar-refractivity contribution in [2.45, 2.75) is 32.2 Å². The highest BCUT2D eigenvalue weighted by molar-refractivity contribution is 7.84. The van der Waals surface area contributed by atoms with Crippen LogP contribution in [0.25, 0.3) is 0 Å². The van der Waals surface area contributed by atoms with Crippen molar-refractivity contribution in [1.29, 1.82) is 5.41 Å². The average molecular weight is 364 g/mol. The van der Waals surface area contributed by atoms with Gasteiger partial charge in [0.1, 0.15) is 12.1 Å². The van der Waals surface area contributed by atoms with Gasteiger partial charge in [-0.15, -0.1) is 12.6 Å². The molecule has 0 bridgehead atoms. The largest absolute Gasteiger partial charge is 0.373 e. The van der Waals surface area contributed by atoms with Gasteiger partial charge in [0.2, 0.25) is 0 Å². The number of nitrogens with two attached hydrogens (primary N) is 1. The Balaban J connectivity index is 2.30. The molecule has 0 unspecified atom stereocenters. The zero-order chi connectivity index (χ0) is 18.6. The minimum absolute atomic E-state index is 0.0459. The first-order valence-electron chi connectivity index (χ1n) is 7.88. The highest BCUT2D eigenvalue weighted by Gasteiger charge is 2.26. The lowest BCUT2D eigenvalue weighted by molar-refractivity contribution is -0.108. The number of hydrogen-bond donors (Lipinski definition) is 5. The molecule has 8 heteroatoms. The van der Waals surface area contributed by atoms with Gasteiger partial charge in [0.05, 0.1) is 28.0 Å². The van der Waals surface area contributed by atoms with Gasteiger partial charge < -0.3 is 26.6 Å². The number of rotatable bonds is 9. The highest BCUT2D eigenvalue weighted by atomic mass is 32.1. The molecule has 1 aromatic rings. The molecule has 1 aliphatic carbocycles. The summed E-state index contributed by atoms with van der Waals surface area (Å²) in [6.07, 6.45) is 5.01. The molecule has 1 atom stereocenters. The molecule has 0 aliphatic heterocycles. The van der Waals surface area contributed by atoms with E-state index < -0.39 is 17.8 Å². The second-order valence-corrected chi connectivity index (χ2v) is 6.63. The molecular weight excluding hydrogens is 343 g/mol. The van der Waals surface area contributed by atoms with Gasteiger partial charge in [0.25, 0.3) is 5.91 Å². The quantitative estimate of drug-likeness (QED) is 0.264. The van der Waals surface area contributed by atoms with Crippen molar-refractivity contribution in [3.05, 3.63) is 34.6 Å². The maximum Gasteiger partial charge on any atom is 0.250 e. The van der Waals surface area contributed by atoms with Crippen molar-refractivity contribution >= 4 is 41.9 Å². The van der Waals surface area contributed by atoms with Gasteiger partial charge in [0, 0.05) is 5.71 Å². The molecule has 6 nitrogen and oxygen atoms in total. The zero-order valence-electron chi connectivity index (χ0n) is 13.8. The van der Waals surface area contributed by atoms with Crippen molar-refractivity contribution in [2.75, 3.05) is 10.6 Å². The summed E-state index contributed by atoms with van der Waals surface area (Å²) >= 11 is 4.19. The molecule has 1 saturated carbocycles. The summed E-state index contributed by atoms with van der Waals surface area (Å²) in [5.41, 5.74) is 5.85. The van der Waals surface area contributed by atoms with E-state index >= 15 is 0 Å². The minimum Gasteiger partial charge on any atom is -0.373 e. The second kappa shape index (κ2) is 8.15. The van der Waals surface area contributed by atoms with E-state index in [1.165, 1.54) is 12.1 Å². The van der Waals surface area contributed by atoms with E-state index in [0.29, 0.717) is 17.4 Å². The first-order chi connectivity index (χ1) is 11.8. The molecule has 134 valence electrons. The summed E-state index contributed by atoms with van der Waals surface area (Å²) in [6.45, 7) is 1.57. The van der Waals surface area contributed by atoms with E-state index in [4.69, 9.17) is 11.1 Å². The maximum absolute atomic E-state index is 14.3. The van der Waals surface area contributed by atoms with Crippen LogP contribution in [0.15, 0.2) is 23.2 Å². The van der Waals surface area contributed by atoms with Crippen LogP contribution >= 0.6 is 12.6 Å². The summed E-state index contributed by atoms with van der Waals surface area (Å²) in [5, 5.41) is 13.4. The van der Waals surface area contributed by atoms with E-state index in [1.54, 1.807) is 6.92 Å². The number of hydrogen-bond acceptors (Lipinski definition) is 6. The Morgan fingerprint density at radius 1 is 1.48 bits per heavy atom. The monoisotopic (exact) mass is 364 g/mol. The number of amides is 1. The Hall–Kier alpha value is -2.35. The number of primary amides is 1. The van der Waals surface area contributed by atoms with E-state index in [-0.39, 0.29) is 22.6 Å². The third-order valence-electron chi connectivity index (χ3n) is 3.78. The number of allylic oxidation sites excluding steroid dienone is 1. The fourth-order valence-electron chi connectivity index (χ4n) is 2.43. The lowest BCUT2D eigenvalue weighted by Crippen LogP contribution is -2.23. The molecule has 1 fully saturated rings. The Morgan fingerprint density at radius 3 is 2.68 bits per heavy atom. The molecule has 2 rings (SSSR count). The van der Waals surface area contributed by atoms with Gasteiger partial charge in [0.15, 0.2) is 0 Å². The predicted octanol–water partition coefficient (Wildman–Crippen LogP) is 2.93. The predicted molar refractivity (Wildman–Crippen MR) is 99.8 cm³/mol. The molecule has 0 aromatic heterocycles. The number of thiol groups is 1. The highest BCUT2D eigenvalue weighted by Crippen LogP contribution is 2.34. The van der Waals surface area contributed by atoms with E-state index in [0.717, 1.165) is 25.2 Å². The van der Waals surface area contributed by atoms with Crippen LogP contribution in [0.5, 0.6) is 0 Å². The van der Waals surface area contributed by atoms with Gasteiger partial charge in [-0.25, -0.2) is 4.39 Å². The molecule has 1 aliphatic rings. The van der Waals surface area contributed by atoms with Crippen LogP contribution in [0.1, 0.15) is 36.5 Å². The van der Waals surface area contributed by atoms with Crippen LogP contribution in [-0.2, 0) is 4.79 Å². The van der Waals surface area contributed by atoms with Crippen molar-refractivity contribution in [1.82, 2.24) is 0 Å². The zero-order valence-corrected chi connectivity index (χ0v) is 14.7. The number of halogens is 1. The van der Waals surface area contributed by atoms with Gasteiger partial charge in [-0.1, -0.05) is 12.8 Å². The van der Waals surface area contributed by atoms with Crippen LogP contribution in [0.2, 0.25) is 0 Å². The number of aldehydes is 1. The van der Waals surface area contributed by atoms with Crippen molar-refractivity contribution in [3.8, 4) is 0 Å². The SMILES string of the molecule is CC(=N)/C=C(\S)Nc1cc(N[C@@H](C=O)CC2CC2)c(F)cc1C(N)=O. The van der Waals surface area contributed by atoms with Crippen LogP contribution < -0.4 is 16.4 Å². The average Bonchev–Trinajstić information content (AvgIpc) is 3.32. The van der Waals surface area contributed by atoms with Crippen molar-refractivity contribution in [3.63, 3.8) is 0 Å². The van der Waals surface area contributed by atoms with Crippen LogP contribution in [0.4, 0.5) is 15.8 Å². The van der Waals surface area contributed by atoms with Gasteiger partial charge >= 0.3 is 0 Å². The molecule has 0 saturated heterocycles. The topological polar surface area (TPSA) is 108 Å². The normalized spacial score (nSPS) is 15.4. The molecule has 25 heavy (non-hydrogen) atoms. The summed E-state index contributed by atoms with van der Waals surface area (Å²) in [6, 6.07) is 1.90. The Bertz CT molecular complexity index is 732. The fraction of sp³-hybridized carbons (Fsp3) is 0.353. The van der Waals surface area contributed by atoms with E-state index in [2.05, 4.69) is 23.3 Å². The molecule has 5 N–H and O–H groups in total. The number of nitrogens with one attached hydrogen (secondary N) is 3. The molecule has 0 heterocycles. The van der Waals surface area contributed by atoms with Crippen LogP contribution in [0.3, 0.4) is 0 Å². The number of carbonyl (C=O) groups excluding carboxylic acids is 2. The summed E-state index contributed by atoms with van der Waals surface area (Å²) in [7, 11) is 0. The van der Waals surface area contributed by atoms with Crippen molar-refractivity contribution < 1.29 is 14.0 Å². The first kappa shape index (κ1) is 19.0. The fourth-order valence-corrected chi connectivity index (χ4v) is 2.75. The minimum atomic E-state index is -0.800. The smallest absolute Gasteiger partial charge is 0.250 e. The summed E-state index contributed by atoms with van der Waals surface area (Å²) < 4.78 is 14.3. The number of benzene rings is 1. The third-order valence-corrected chi connectivity index (χ3v) is 4.02. The summed E-state index contributed by atoms with van der Waals surface area (Å²) in [4.78, 5) is 22.8. The number of carbonyl (C=O) groups is 2.